The predicted molar refractivity (Wildman–Crippen MR) is 41.9 cm³/mol. The molecule has 0 aromatic heterocycles. The monoisotopic (exact) mass is 146 g/mol. The fourth-order valence-corrected chi connectivity index (χ4v) is 0.892. The van der Waals surface area contributed by atoms with E-state index in [1.165, 1.54) is 6.42 Å². The van der Waals surface area contributed by atoms with Gasteiger partial charge in [-0.15, -0.1) is 0 Å². The van der Waals surface area contributed by atoms with Crippen LogP contribution in [0.3, 0.4) is 0 Å². The Morgan fingerprint density at radius 1 is 1.30 bits per heavy atom. The molecule has 1 atom stereocenters. The van der Waals surface area contributed by atoms with Crippen LogP contribution in [-0.2, 0) is 9.47 Å². The molecular weight excluding hydrogens is 128 g/mol. The summed E-state index contributed by atoms with van der Waals surface area (Å²) in [5.74, 6) is 0. The highest BCUT2D eigenvalue weighted by molar-refractivity contribution is 4.51. The molecule has 10 heavy (non-hydrogen) atoms. The van der Waals surface area contributed by atoms with E-state index in [0.29, 0.717) is 12.9 Å². The van der Waals surface area contributed by atoms with Gasteiger partial charge < -0.3 is 9.47 Å². The van der Waals surface area contributed by atoms with Gasteiger partial charge in [0.1, 0.15) is 6.79 Å². The molecule has 0 N–H and O–H groups in total. The molecule has 0 saturated heterocycles. The van der Waals surface area contributed by atoms with Crippen LogP contribution in [0.4, 0.5) is 0 Å². The lowest BCUT2D eigenvalue weighted by atomic mass is 10.2. The molecule has 0 heterocycles. The van der Waals surface area contributed by atoms with Crippen molar-refractivity contribution in [2.45, 2.75) is 39.2 Å². The van der Waals surface area contributed by atoms with E-state index >= 15 is 0 Å². The van der Waals surface area contributed by atoms with Crippen LogP contribution in [-0.4, -0.2) is 20.0 Å². The average Bonchev–Trinajstić information content (AvgIpc) is 1.98. The van der Waals surface area contributed by atoms with Gasteiger partial charge in [-0.2, -0.15) is 0 Å². The number of hydrogen-bond donors (Lipinski definition) is 0. The molecule has 0 rings (SSSR count). The van der Waals surface area contributed by atoms with Gasteiger partial charge in [-0.05, 0) is 12.8 Å². The van der Waals surface area contributed by atoms with Gasteiger partial charge in [0, 0.05) is 7.11 Å². The van der Waals surface area contributed by atoms with Crippen molar-refractivity contribution in [2.24, 2.45) is 0 Å². The molecule has 0 aliphatic heterocycles. The van der Waals surface area contributed by atoms with Gasteiger partial charge in [0.05, 0.1) is 6.10 Å². The molecule has 0 radical (unpaired) electrons. The maximum atomic E-state index is 5.36. The minimum Gasteiger partial charge on any atom is -0.359 e. The summed E-state index contributed by atoms with van der Waals surface area (Å²) in [6, 6.07) is 0. The molecule has 0 fully saturated rings. The molecule has 0 amide bonds. The molecule has 0 bridgehead atoms. The number of hydrogen-bond acceptors (Lipinski definition) is 2. The molecule has 1 unspecified atom stereocenters. The summed E-state index contributed by atoms with van der Waals surface area (Å²) >= 11 is 0. The van der Waals surface area contributed by atoms with Crippen molar-refractivity contribution in [2.75, 3.05) is 13.9 Å². The van der Waals surface area contributed by atoms with E-state index < -0.39 is 0 Å². The lowest BCUT2D eigenvalue weighted by Gasteiger charge is -2.13. The van der Waals surface area contributed by atoms with Crippen molar-refractivity contribution in [3.8, 4) is 0 Å². The molecule has 0 aliphatic rings. The first kappa shape index (κ1) is 9.92. The van der Waals surface area contributed by atoms with Crippen molar-refractivity contribution in [3.05, 3.63) is 0 Å². The van der Waals surface area contributed by atoms with Crippen molar-refractivity contribution >= 4 is 0 Å². The molecule has 0 aromatic carbocycles. The van der Waals surface area contributed by atoms with Crippen molar-refractivity contribution in [1.29, 1.82) is 0 Å². The van der Waals surface area contributed by atoms with E-state index in [1.807, 2.05) is 0 Å². The summed E-state index contributed by atoms with van der Waals surface area (Å²) in [4.78, 5) is 0. The third-order valence-corrected chi connectivity index (χ3v) is 1.49. The molecule has 2 nitrogen and oxygen atoms in total. The molecule has 0 spiro atoms. The van der Waals surface area contributed by atoms with E-state index in [2.05, 4.69) is 13.8 Å². The Kier molecular flexibility index (Phi) is 6.98. The second-order valence-corrected chi connectivity index (χ2v) is 2.39. The second-order valence-electron chi connectivity index (χ2n) is 2.39. The van der Waals surface area contributed by atoms with Crippen LogP contribution < -0.4 is 0 Å². The quantitative estimate of drug-likeness (QED) is 0.535. The molecule has 0 aromatic rings. The van der Waals surface area contributed by atoms with E-state index in [1.54, 1.807) is 7.11 Å². The van der Waals surface area contributed by atoms with E-state index in [0.717, 1.165) is 12.8 Å². The Labute approximate surface area is 63.5 Å². The first-order valence-corrected chi connectivity index (χ1v) is 3.95. The summed E-state index contributed by atoms with van der Waals surface area (Å²) in [6.07, 6.45) is 3.80. The van der Waals surface area contributed by atoms with Crippen LogP contribution >= 0.6 is 0 Å². The topological polar surface area (TPSA) is 18.5 Å². The van der Waals surface area contributed by atoms with Crippen molar-refractivity contribution in [3.63, 3.8) is 0 Å². The standard InChI is InChI=1S/C8H18O2/c1-4-6-8(5-2)10-7-9-3/h8H,4-7H2,1-3H3. The summed E-state index contributed by atoms with van der Waals surface area (Å²) < 4.78 is 10.2. The Morgan fingerprint density at radius 2 is 2.00 bits per heavy atom. The highest BCUT2D eigenvalue weighted by Crippen LogP contribution is 2.05. The summed E-state index contributed by atoms with van der Waals surface area (Å²) in [5.41, 5.74) is 0. The fourth-order valence-electron chi connectivity index (χ4n) is 0.892. The summed E-state index contributed by atoms with van der Waals surface area (Å²) in [6.45, 7) is 4.73. The zero-order valence-electron chi connectivity index (χ0n) is 7.22. The van der Waals surface area contributed by atoms with Gasteiger partial charge in [0.2, 0.25) is 0 Å². The average molecular weight is 146 g/mol. The van der Waals surface area contributed by atoms with E-state index in [9.17, 15) is 0 Å². The fraction of sp³-hybridized carbons (Fsp3) is 1.00. The number of rotatable bonds is 6. The van der Waals surface area contributed by atoms with Gasteiger partial charge in [0.15, 0.2) is 0 Å². The molecule has 0 saturated carbocycles. The van der Waals surface area contributed by atoms with Crippen LogP contribution in [0.25, 0.3) is 0 Å². The summed E-state index contributed by atoms with van der Waals surface area (Å²) in [5, 5.41) is 0. The number of methoxy groups -OCH3 is 1. The largest absolute Gasteiger partial charge is 0.359 e. The van der Waals surface area contributed by atoms with Crippen molar-refractivity contribution in [1.82, 2.24) is 0 Å². The first-order valence-electron chi connectivity index (χ1n) is 3.95. The van der Waals surface area contributed by atoms with Crippen LogP contribution in [0.5, 0.6) is 0 Å². The maximum absolute atomic E-state index is 5.36. The highest BCUT2D eigenvalue weighted by Gasteiger charge is 2.02. The lowest BCUT2D eigenvalue weighted by Crippen LogP contribution is -2.12. The normalized spacial score (nSPS) is 13.5. The highest BCUT2D eigenvalue weighted by atomic mass is 16.7. The SMILES string of the molecule is CCCC(CC)OCOC. The molecule has 0 aliphatic carbocycles. The summed E-state index contributed by atoms with van der Waals surface area (Å²) in [7, 11) is 1.65. The minimum atomic E-state index is 0.393. The van der Waals surface area contributed by atoms with Crippen LogP contribution in [0.15, 0.2) is 0 Å². The Bertz CT molecular complexity index is 64.3. The van der Waals surface area contributed by atoms with Crippen molar-refractivity contribution < 1.29 is 9.47 Å². The third kappa shape index (κ3) is 4.77. The zero-order valence-corrected chi connectivity index (χ0v) is 7.22. The van der Waals surface area contributed by atoms with Crippen LogP contribution in [0, 0.1) is 0 Å². The van der Waals surface area contributed by atoms with Gasteiger partial charge >= 0.3 is 0 Å². The Balaban J connectivity index is 3.21. The maximum Gasteiger partial charge on any atom is 0.146 e. The zero-order chi connectivity index (χ0) is 7.82. The van der Waals surface area contributed by atoms with Crippen LogP contribution in [0.1, 0.15) is 33.1 Å². The van der Waals surface area contributed by atoms with Gasteiger partial charge in [0.25, 0.3) is 0 Å². The number of ether oxygens (including phenoxy) is 2. The Hall–Kier alpha value is -0.0800. The van der Waals surface area contributed by atoms with E-state index in [4.69, 9.17) is 9.47 Å². The Morgan fingerprint density at radius 3 is 2.40 bits per heavy atom. The molecule has 2 heteroatoms. The minimum absolute atomic E-state index is 0.393. The van der Waals surface area contributed by atoms with E-state index in [-0.39, 0.29) is 0 Å². The van der Waals surface area contributed by atoms with Gasteiger partial charge in [-0.25, -0.2) is 0 Å². The molecule has 62 valence electrons. The predicted octanol–water partition coefficient (Wildman–Crippen LogP) is 2.19. The van der Waals surface area contributed by atoms with Gasteiger partial charge in [-0.1, -0.05) is 20.3 Å². The second kappa shape index (κ2) is 7.03. The third-order valence-electron chi connectivity index (χ3n) is 1.49. The molecular formula is C8H18O2. The smallest absolute Gasteiger partial charge is 0.146 e. The lowest BCUT2D eigenvalue weighted by molar-refractivity contribution is -0.0750. The van der Waals surface area contributed by atoms with Crippen LogP contribution in [0.2, 0.25) is 0 Å². The van der Waals surface area contributed by atoms with Gasteiger partial charge in [-0.3, -0.25) is 0 Å². The first-order chi connectivity index (χ1) is 4.85.